The number of hydrogen-bond donors (Lipinski definition) is 1. The second kappa shape index (κ2) is 4.67. The van der Waals surface area contributed by atoms with Crippen LogP contribution in [0, 0.1) is 0 Å². The summed E-state index contributed by atoms with van der Waals surface area (Å²) in [7, 11) is 0. The number of benzene rings is 1. The highest BCUT2D eigenvalue weighted by molar-refractivity contribution is 6.25. The summed E-state index contributed by atoms with van der Waals surface area (Å²) in [6, 6.07) is 7.34. The number of ether oxygens (including phenoxy) is 1. The Morgan fingerprint density at radius 2 is 2.17 bits per heavy atom. The van der Waals surface area contributed by atoms with Gasteiger partial charge in [0.1, 0.15) is 12.4 Å². The first-order valence-electron chi connectivity index (χ1n) is 3.57. The Hall–Kier alpha value is -1.15. The predicted molar refractivity (Wildman–Crippen MR) is 51.3 cm³/mol. The van der Waals surface area contributed by atoms with Gasteiger partial charge in [0, 0.05) is 5.54 Å². The molecule has 0 saturated heterocycles. The molecule has 0 aliphatic heterocycles. The molecule has 0 heterocycles. The van der Waals surface area contributed by atoms with Gasteiger partial charge in [-0.25, -0.2) is 0 Å². The normalized spacial score (nSPS) is 10.4. The molecule has 0 fully saturated rings. The van der Waals surface area contributed by atoms with Crippen LogP contribution in [-0.4, -0.2) is 6.61 Å². The lowest BCUT2D eigenvalue weighted by Gasteiger charge is -2.04. The third-order valence-electron chi connectivity index (χ3n) is 1.34. The molecule has 0 unspecified atom stereocenters. The average molecular weight is 184 g/mol. The Morgan fingerprint density at radius 1 is 1.42 bits per heavy atom. The molecule has 0 spiro atoms. The molecule has 1 aromatic rings. The van der Waals surface area contributed by atoms with E-state index in [1.807, 2.05) is 18.2 Å². The maximum absolute atomic E-state index is 5.62. The first-order chi connectivity index (χ1) is 5.84. The summed E-state index contributed by atoms with van der Waals surface area (Å²) in [5, 5.41) is 0. The van der Waals surface area contributed by atoms with Crippen molar-refractivity contribution in [2.75, 3.05) is 12.3 Å². The topological polar surface area (TPSA) is 35.2 Å². The summed E-state index contributed by atoms with van der Waals surface area (Å²) in [6.45, 7) is 0.442. The molecule has 12 heavy (non-hydrogen) atoms. The Kier molecular flexibility index (Phi) is 3.48. The first kappa shape index (κ1) is 8.94. The van der Waals surface area contributed by atoms with Gasteiger partial charge in [0.25, 0.3) is 0 Å². The molecule has 1 aromatic carbocycles. The van der Waals surface area contributed by atoms with Crippen LogP contribution in [0.2, 0.25) is 0 Å². The highest BCUT2D eigenvalue weighted by atomic mass is 35.5. The molecule has 0 saturated carbocycles. The molecule has 64 valence electrons. The van der Waals surface area contributed by atoms with Crippen LogP contribution >= 0.6 is 11.6 Å². The first-order valence-corrected chi connectivity index (χ1v) is 4.01. The van der Waals surface area contributed by atoms with Gasteiger partial charge in [-0.15, -0.1) is 0 Å². The molecular formula is C9H10ClNO. The number of nitrogen functional groups attached to an aromatic ring is 1. The Balaban J connectivity index is 2.57. The fraction of sp³-hybridized carbons (Fsp3) is 0.111. The van der Waals surface area contributed by atoms with Crippen molar-refractivity contribution in [1.82, 2.24) is 0 Å². The largest absolute Gasteiger partial charge is 0.487 e. The fourth-order valence-electron chi connectivity index (χ4n) is 0.786. The number of anilines is 1. The summed E-state index contributed by atoms with van der Waals surface area (Å²) >= 11 is 5.32. The molecule has 0 aliphatic rings. The number of halogens is 1. The minimum Gasteiger partial charge on any atom is -0.487 e. The standard InChI is InChI=1S/C9H10ClNO/c10-6-3-7-12-9-5-2-1-4-8(9)11/h1-6H,7,11H2/b6-3+. The molecule has 0 aliphatic carbocycles. The fourth-order valence-corrected chi connectivity index (χ4v) is 0.859. The molecule has 1 rings (SSSR count). The third kappa shape index (κ3) is 2.47. The summed E-state index contributed by atoms with van der Waals surface area (Å²) in [4.78, 5) is 0. The minimum absolute atomic E-state index is 0.442. The molecule has 0 atom stereocenters. The molecule has 0 bridgehead atoms. The van der Waals surface area contributed by atoms with Gasteiger partial charge in [-0.1, -0.05) is 23.7 Å². The van der Waals surface area contributed by atoms with Gasteiger partial charge in [0.15, 0.2) is 0 Å². The van der Waals surface area contributed by atoms with Crippen molar-refractivity contribution in [3.05, 3.63) is 35.9 Å². The van der Waals surface area contributed by atoms with Gasteiger partial charge in [0.05, 0.1) is 5.69 Å². The number of nitrogens with two attached hydrogens (primary N) is 1. The summed E-state index contributed by atoms with van der Waals surface area (Å²) in [5.74, 6) is 0.687. The molecule has 2 nitrogen and oxygen atoms in total. The molecule has 2 N–H and O–H groups in total. The van der Waals surface area contributed by atoms with Crippen LogP contribution in [0.15, 0.2) is 35.9 Å². The van der Waals surface area contributed by atoms with Gasteiger partial charge in [0.2, 0.25) is 0 Å². The van der Waals surface area contributed by atoms with Crippen LogP contribution in [0.3, 0.4) is 0 Å². The number of para-hydroxylation sites is 2. The second-order valence-corrected chi connectivity index (χ2v) is 2.46. The molecule has 0 amide bonds. The van der Waals surface area contributed by atoms with E-state index in [1.165, 1.54) is 5.54 Å². The Morgan fingerprint density at radius 3 is 2.83 bits per heavy atom. The van der Waals surface area contributed by atoms with E-state index < -0.39 is 0 Å². The maximum atomic E-state index is 5.62. The highest BCUT2D eigenvalue weighted by Crippen LogP contribution is 2.19. The van der Waals surface area contributed by atoms with E-state index in [0.29, 0.717) is 18.0 Å². The van der Waals surface area contributed by atoms with E-state index in [1.54, 1.807) is 12.1 Å². The van der Waals surface area contributed by atoms with Crippen molar-refractivity contribution in [2.45, 2.75) is 0 Å². The monoisotopic (exact) mass is 183 g/mol. The SMILES string of the molecule is Nc1ccccc1OC/C=C/Cl. The second-order valence-electron chi connectivity index (χ2n) is 2.21. The lowest BCUT2D eigenvalue weighted by atomic mass is 10.3. The van der Waals surface area contributed by atoms with Gasteiger partial charge in [-0.2, -0.15) is 0 Å². The lowest BCUT2D eigenvalue weighted by Crippen LogP contribution is -1.96. The van der Waals surface area contributed by atoms with E-state index in [9.17, 15) is 0 Å². The van der Waals surface area contributed by atoms with Crippen molar-refractivity contribution < 1.29 is 4.74 Å². The van der Waals surface area contributed by atoms with Crippen LogP contribution < -0.4 is 10.5 Å². The smallest absolute Gasteiger partial charge is 0.142 e. The van der Waals surface area contributed by atoms with E-state index in [2.05, 4.69) is 0 Å². The van der Waals surface area contributed by atoms with Crippen LogP contribution in [0.25, 0.3) is 0 Å². The average Bonchev–Trinajstić information content (AvgIpc) is 2.09. The number of rotatable bonds is 3. The Labute approximate surface area is 76.6 Å². The van der Waals surface area contributed by atoms with Crippen molar-refractivity contribution in [2.24, 2.45) is 0 Å². The van der Waals surface area contributed by atoms with E-state index in [0.717, 1.165) is 0 Å². The van der Waals surface area contributed by atoms with Gasteiger partial charge in [-0.3, -0.25) is 0 Å². The molecule has 3 heteroatoms. The maximum Gasteiger partial charge on any atom is 0.142 e. The van der Waals surface area contributed by atoms with Crippen molar-refractivity contribution >= 4 is 17.3 Å². The zero-order chi connectivity index (χ0) is 8.81. The minimum atomic E-state index is 0.442. The van der Waals surface area contributed by atoms with Crippen molar-refractivity contribution in [3.8, 4) is 5.75 Å². The molecule has 0 aromatic heterocycles. The predicted octanol–water partition coefficient (Wildman–Crippen LogP) is 2.40. The van der Waals surface area contributed by atoms with Crippen molar-refractivity contribution in [3.63, 3.8) is 0 Å². The highest BCUT2D eigenvalue weighted by Gasteiger charge is 1.94. The summed E-state index contributed by atoms with van der Waals surface area (Å²) in [5.41, 5.74) is 7.68. The quantitative estimate of drug-likeness (QED) is 0.731. The number of hydrogen-bond acceptors (Lipinski definition) is 2. The van der Waals surface area contributed by atoms with Crippen LogP contribution in [0.5, 0.6) is 5.75 Å². The molecule has 0 radical (unpaired) electrons. The van der Waals surface area contributed by atoms with Crippen molar-refractivity contribution in [1.29, 1.82) is 0 Å². The zero-order valence-corrected chi connectivity index (χ0v) is 7.29. The van der Waals surface area contributed by atoms with Gasteiger partial charge in [-0.05, 0) is 18.2 Å². The van der Waals surface area contributed by atoms with E-state index >= 15 is 0 Å². The lowest BCUT2D eigenvalue weighted by molar-refractivity contribution is 0.365. The Bertz CT molecular complexity index is 273. The third-order valence-corrected chi connectivity index (χ3v) is 1.52. The van der Waals surface area contributed by atoms with E-state index in [-0.39, 0.29) is 0 Å². The van der Waals surface area contributed by atoms with Crippen LogP contribution in [0.1, 0.15) is 0 Å². The summed E-state index contributed by atoms with van der Waals surface area (Å²) in [6.07, 6.45) is 1.70. The molecular weight excluding hydrogens is 174 g/mol. The van der Waals surface area contributed by atoms with E-state index in [4.69, 9.17) is 22.1 Å². The van der Waals surface area contributed by atoms with Gasteiger partial charge < -0.3 is 10.5 Å². The van der Waals surface area contributed by atoms with Crippen LogP contribution in [0.4, 0.5) is 5.69 Å². The summed E-state index contributed by atoms with van der Waals surface area (Å²) < 4.78 is 5.28. The zero-order valence-electron chi connectivity index (χ0n) is 6.53. The van der Waals surface area contributed by atoms with Crippen LogP contribution in [-0.2, 0) is 0 Å². The van der Waals surface area contributed by atoms with Gasteiger partial charge >= 0.3 is 0 Å².